The zero-order chi connectivity index (χ0) is 18.3. The van der Waals surface area contributed by atoms with E-state index in [-0.39, 0.29) is 5.69 Å². The van der Waals surface area contributed by atoms with E-state index < -0.39 is 5.97 Å². The van der Waals surface area contributed by atoms with Gasteiger partial charge in [-0.25, -0.2) is 14.5 Å². The maximum Gasteiger partial charge on any atom is 0.359 e. The molecular formula is C18H14BrN5O2. The maximum atomic E-state index is 12.2. The lowest BCUT2D eigenvalue weighted by atomic mass is 10.1. The number of fused-ring (bicyclic) bond motifs is 1. The fraction of sp³-hybridized carbons (Fsp3) is 0.111. The predicted octanol–water partition coefficient (Wildman–Crippen LogP) is 3.37. The molecule has 0 spiro atoms. The summed E-state index contributed by atoms with van der Waals surface area (Å²) in [7, 11) is 3.18. The molecule has 0 aliphatic heterocycles. The molecule has 0 unspecified atom stereocenters. The van der Waals surface area contributed by atoms with Crippen LogP contribution in [0.25, 0.3) is 28.0 Å². The van der Waals surface area contributed by atoms with Crippen LogP contribution in [0, 0.1) is 0 Å². The highest BCUT2D eigenvalue weighted by atomic mass is 79.9. The number of benzene rings is 1. The second kappa shape index (κ2) is 6.38. The highest BCUT2D eigenvalue weighted by molar-refractivity contribution is 9.10. The predicted molar refractivity (Wildman–Crippen MR) is 100 cm³/mol. The van der Waals surface area contributed by atoms with Gasteiger partial charge in [-0.15, -0.1) is 0 Å². The van der Waals surface area contributed by atoms with E-state index in [0.717, 1.165) is 21.4 Å². The number of aryl methyl sites for hydroxylation is 1. The summed E-state index contributed by atoms with van der Waals surface area (Å²) in [6, 6.07) is 11.4. The fourth-order valence-corrected chi connectivity index (χ4v) is 3.13. The number of ether oxygens (including phenoxy) is 1. The Morgan fingerprint density at radius 1 is 1.19 bits per heavy atom. The van der Waals surface area contributed by atoms with Crippen LogP contribution in [0.2, 0.25) is 0 Å². The van der Waals surface area contributed by atoms with Crippen molar-refractivity contribution in [3.05, 3.63) is 59.0 Å². The first kappa shape index (κ1) is 16.5. The Balaban J connectivity index is 1.96. The van der Waals surface area contributed by atoms with Crippen LogP contribution >= 0.6 is 15.9 Å². The number of carbonyl (C=O) groups is 1. The third kappa shape index (κ3) is 2.78. The lowest BCUT2D eigenvalue weighted by Gasteiger charge is -2.03. The van der Waals surface area contributed by atoms with Gasteiger partial charge in [0, 0.05) is 29.5 Å². The molecule has 1 aromatic carbocycles. The van der Waals surface area contributed by atoms with E-state index in [1.54, 1.807) is 15.6 Å². The van der Waals surface area contributed by atoms with Crippen molar-refractivity contribution in [2.45, 2.75) is 0 Å². The van der Waals surface area contributed by atoms with Gasteiger partial charge in [0.05, 0.1) is 23.9 Å². The van der Waals surface area contributed by atoms with Gasteiger partial charge in [0.15, 0.2) is 11.3 Å². The average Bonchev–Trinajstić information content (AvgIpc) is 3.24. The maximum absolute atomic E-state index is 12.2. The molecule has 8 heteroatoms. The molecule has 0 atom stereocenters. The molecule has 0 aliphatic carbocycles. The number of aromatic nitrogens is 5. The minimum absolute atomic E-state index is 0.216. The normalized spacial score (nSPS) is 11.0. The second-order valence-electron chi connectivity index (χ2n) is 5.70. The lowest BCUT2D eigenvalue weighted by molar-refractivity contribution is 0.0595. The van der Waals surface area contributed by atoms with E-state index in [4.69, 9.17) is 4.74 Å². The van der Waals surface area contributed by atoms with Gasteiger partial charge in [-0.3, -0.25) is 4.68 Å². The zero-order valence-electron chi connectivity index (χ0n) is 14.0. The molecule has 4 rings (SSSR count). The van der Waals surface area contributed by atoms with Gasteiger partial charge in [-0.2, -0.15) is 10.2 Å². The summed E-state index contributed by atoms with van der Waals surface area (Å²) in [4.78, 5) is 16.8. The first-order valence-corrected chi connectivity index (χ1v) is 8.59. The first-order valence-electron chi connectivity index (χ1n) is 7.80. The standard InChI is InChI=1S/C18H14BrN5O2/c1-23-7-6-15(21-23)11-8-14-16(18(25)26-2)22-24(17(14)20-10-11)13-5-3-4-12(19)9-13/h3-10H,1-2H3. The third-order valence-electron chi connectivity index (χ3n) is 3.96. The number of nitrogens with zero attached hydrogens (tertiary/aromatic N) is 5. The van der Waals surface area contributed by atoms with Crippen LogP contribution in [-0.4, -0.2) is 37.6 Å². The third-order valence-corrected chi connectivity index (χ3v) is 4.46. The molecule has 130 valence electrons. The number of carbonyl (C=O) groups excluding carboxylic acids is 1. The molecule has 26 heavy (non-hydrogen) atoms. The summed E-state index contributed by atoms with van der Waals surface area (Å²) in [6.45, 7) is 0. The van der Waals surface area contributed by atoms with E-state index in [0.29, 0.717) is 11.0 Å². The van der Waals surface area contributed by atoms with Crippen molar-refractivity contribution in [3.8, 4) is 16.9 Å². The van der Waals surface area contributed by atoms with Crippen molar-refractivity contribution in [1.29, 1.82) is 0 Å². The van der Waals surface area contributed by atoms with Crippen molar-refractivity contribution < 1.29 is 9.53 Å². The smallest absolute Gasteiger partial charge is 0.359 e. The molecule has 0 saturated heterocycles. The molecule has 3 aromatic heterocycles. The summed E-state index contributed by atoms with van der Waals surface area (Å²) < 4.78 is 9.15. The Morgan fingerprint density at radius 2 is 2.04 bits per heavy atom. The number of hydrogen-bond donors (Lipinski definition) is 0. The Morgan fingerprint density at radius 3 is 2.73 bits per heavy atom. The quantitative estimate of drug-likeness (QED) is 0.483. The number of methoxy groups -OCH3 is 1. The minimum atomic E-state index is -0.510. The number of esters is 1. The molecule has 4 aromatic rings. The SMILES string of the molecule is COC(=O)c1nn(-c2cccc(Br)c2)c2ncc(-c3ccn(C)n3)cc12. The lowest BCUT2D eigenvalue weighted by Crippen LogP contribution is -2.04. The largest absolute Gasteiger partial charge is 0.464 e. The van der Waals surface area contributed by atoms with Crippen molar-refractivity contribution in [3.63, 3.8) is 0 Å². The van der Waals surface area contributed by atoms with E-state index in [1.165, 1.54) is 7.11 Å². The number of rotatable bonds is 3. The van der Waals surface area contributed by atoms with Crippen LogP contribution < -0.4 is 0 Å². The first-order chi connectivity index (χ1) is 12.6. The summed E-state index contributed by atoms with van der Waals surface area (Å²) >= 11 is 3.45. The van der Waals surface area contributed by atoms with Gasteiger partial charge in [0.1, 0.15) is 0 Å². The van der Waals surface area contributed by atoms with E-state index in [2.05, 4.69) is 31.1 Å². The van der Waals surface area contributed by atoms with Crippen molar-refractivity contribution in [1.82, 2.24) is 24.5 Å². The van der Waals surface area contributed by atoms with Crippen LogP contribution in [0.4, 0.5) is 0 Å². The van der Waals surface area contributed by atoms with Gasteiger partial charge in [-0.1, -0.05) is 22.0 Å². The van der Waals surface area contributed by atoms with Gasteiger partial charge < -0.3 is 4.74 Å². The van der Waals surface area contributed by atoms with E-state index in [1.807, 2.05) is 49.6 Å². The fourth-order valence-electron chi connectivity index (χ4n) is 2.75. The van der Waals surface area contributed by atoms with E-state index >= 15 is 0 Å². The number of hydrogen-bond acceptors (Lipinski definition) is 5. The molecule has 0 aliphatic rings. The van der Waals surface area contributed by atoms with Crippen molar-refractivity contribution in [2.24, 2.45) is 7.05 Å². The Bertz CT molecular complexity index is 1130. The Hall–Kier alpha value is -3.00. The highest BCUT2D eigenvalue weighted by Gasteiger charge is 2.21. The summed E-state index contributed by atoms with van der Waals surface area (Å²) in [5.41, 5.74) is 3.15. The monoisotopic (exact) mass is 411 g/mol. The van der Waals surface area contributed by atoms with Crippen LogP contribution in [-0.2, 0) is 11.8 Å². The van der Waals surface area contributed by atoms with Crippen LogP contribution in [0.5, 0.6) is 0 Å². The molecule has 0 saturated carbocycles. The molecule has 7 nitrogen and oxygen atoms in total. The summed E-state index contributed by atoms with van der Waals surface area (Å²) in [5.74, 6) is -0.510. The van der Waals surface area contributed by atoms with Gasteiger partial charge in [-0.05, 0) is 30.3 Å². The highest BCUT2D eigenvalue weighted by Crippen LogP contribution is 2.27. The van der Waals surface area contributed by atoms with Crippen LogP contribution in [0.1, 0.15) is 10.5 Å². The number of pyridine rings is 1. The van der Waals surface area contributed by atoms with Crippen molar-refractivity contribution >= 4 is 32.9 Å². The van der Waals surface area contributed by atoms with Gasteiger partial charge in [0.2, 0.25) is 0 Å². The molecule has 0 radical (unpaired) electrons. The van der Waals surface area contributed by atoms with Crippen LogP contribution in [0.15, 0.2) is 53.3 Å². The Labute approximate surface area is 157 Å². The average molecular weight is 412 g/mol. The minimum Gasteiger partial charge on any atom is -0.464 e. The Kier molecular flexibility index (Phi) is 4.04. The zero-order valence-corrected chi connectivity index (χ0v) is 15.6. The van der Waals surface area contributed by atoms with Crippen LogP contribution in [0.3, 0.4) is 0 Å². The summed E-state index contributed by atoms with van der Waals surface area (Å²) in [5, 5.41) is 9.44. The molecule has 0 fully saturated rings. The van der Waals surface area contributed by atoms with E-state index in [9.17, 15) is 4.79 Å². The van der Waals surface area contributed by atoms with Gasteiger partial charge >= 0.3 is 5.97 Å². The molecule has 3 heterocycles. The molecule has 0 amide bonds. The van der Waals surface area contributed by atoms with Crippen molar-refractivity contribution in [2.75, 3.05) is 7.11 Å². The number of halogens is 1. The molecular weight excluding hydrogens is 398 g/mol. The second-order valence-corrected chi connectivity index (χ2v) is 6.62. The molecule has 0 N–H and O–H groups in total. The molecule has 0 bridgehead atoms. The topological polar surface area (TPSA) is 74.8 Å². The van der Waals surface area contributed by atoms with Gasteiger partial charge in [0.25, 0.3) is 0 Å². The summed E-state index contributed by atoms with van der Waals surface area (Å²) in [6.07, 6.45) is 3.58.